The van der Waals surface area contributed by atoms with Crippen LogP contribution < -0.4 is 5.43 Å². The predicted octanol–water partition coefficient (Wildman–Crippen LogP) is -0.208. The second-order valence-corrected chi connectivity index (χ2v) is 2.85. The molecule has 0 aliphatic carbocycles. The Labute approximate surface area is 88.3 Å². The molecule has 14 heavy (non-hydrogen) atoms. The molecule has 0 unspecified atom stereocenters. The fraction of sp³-hybridized carbons (Fsp3) is 0.714. The number of hydrogen-bond acceptors (Lipinski definition) is 4. The smallest absolute Gasteiger partial charge is 0.322 e. The van der Waals surface area contributed by atoms with E-state index in [9.17, 15) is 9.59 Å². The lowest BCUT2D eigenvalue weighted by molar-refractivity contribution is -0.142. The molecule has 1 atom stereocenters. The van der Waals surface area contributed by atoms with Gasteiger partial charge in [-0.05, 0) is 6.42 Å². The van der Waals surface area contributed by atoms with Crippen molar-refractivity contribution >= 4 is 24.3 Å². The summed E-state index contributed by atoms with van der Waals surface area (Å²) >= 11 is 0. The second-order valence-electron chi connectivity index (χ2n) is 2.85. The third kappa shape index (κ3) is 7.78. The van der Waals surface area contributed by atoms with Gasteiger partial charge in [-0.25, -0.2) is 10.4 Å². The molecule has 0 aromatic carbocycles. The molecular formula is C7H15ClN2O4. The molecule has 0 rings (SSSR count). The van der Waals surface area contributed by atoms with Gasteiger partial charge in [0.15, 0.2) is 0 Å². The number of halogens is 1. The SMILES string of the molecule is CN(C)N[C@@H](CCC(=O)O)C(=O)O.Cl. The highest BCUT2D eigenvalue weighted by Gasteiger charge is 2.18. The number of carboxylic acids is 2. The molecule has 0 radical (unpaired) electrons. The van der Waals surface area contributed by atoms with Crippen molar-refractivity contribution in [3.05, 3.63) is 0 Å². The Morgan fingerprint density at radius 3 is 2.14 bits per heavy atom. The van der Waals surface area contributed by atoms with Crippen molar-refractivity contribution in [2.24, 2.45) is 0 Å². The van der Waals surface area contributed by atoms with Crippen molar-refractivity contribution in [3.63, 3.8) is 0 Å². The Hall–Kier alpha value is -0.850. The van der Waals surface area contributed by atoms with Gasteiger partial charge in [0.05, 0.1) is 0 Å². The van der Waals surface area contributed by atoms with Crippen LogP contribution in [0.15, 0.2) is 0 Å². The highest BCUT2D eigenvalue weighted by atomic mass is 35.5. The number of nitrogens with one attached hydrogen (secondary N) is 1. The van der Waals surface area contributed by atoms with Gasteiger partial charge in [-0.1, -0.05) is 0 Å². The summed E-state index contributed by atoms with van der Waals surface area (Å²) in [6.45, 7) is 0. The van der Waals surface area contributed by atoms with Gasteiger partial charge < -0.3 is 10.2 Å². The molecule has 0 amide bonds. The van der Waals surface area contributed by atoms with E-state index in [0.717, 1.165) is 0 Å². The van der Waals surface area contributed by atoms with E-state index in [0.29, 0.717) is 0 Å². The van der Waals surface area contributed by atoms with E-state index in [2.05, 4.69) is 5.43 Å². The van der Waals surface area contributed by atoms with E-state index in [1.54, 1.807) is 14.1 Å². The summed E-state index contributed by atoms with van der Waals surface area (Å²) in [5, 5.41) is 18.5. The molecule has 0 aliphatic rings. The zero-order chi connectivity index (χ0) is 10.4. The maximum Gasteiger partial charge on any atom is 0.322 e. The number of rotatable bonds is 6. The van der Waals surface area contributed by atoms with Crippen molar-refractivity contribution in [2.75, 3.05) is 14.1 Å². The maximum atomic E-state index is 10.6. The first-order valence-electron chi connectivity index (χ1n) is 3.81. The summed E-state index contributed by atoms with van der Waals surface area (Å²) in [6, 6.07) is -0.842. The zero-order valence-electron chi connectivity index (χ0n) is 8.06. The van der Waals surface area contributed by atoms with E-state index in [1.807, 2.05) is 0 Å². The van der Waals surface area contributed by atoms with Crippen molar-refractivity contribution < 1.29 is 19.8 Å². The number of carboxylic acid groups (broad SMARTS) is 2. The third-order valence-corrected chi connectivity index (χ3v) is 1.36. The molecule has 0 aromatic rings. The summed E-state index contributed by atoms with van der Waals surface area (Å²) in [4.78, 5) is 20.7. The van der Waals surface area contributed by atoms with E-state index in [4.69, 9.17) is 10.2 Å². The number of carbonyl (C=O) groups is 2. The van der Waals surface area contributed by atoms with Crippen molar-refractivity contribution in [2.45, 2.75) is 18.9 Å². The average Bonchev–Trinajstić information content (AvgIpc) is 1.96. The molecule has 0 spiro atoms. The van der Waals surface area contributed by atoms with Gasteiger partial charge in [0.25, 0.3) is 0 Å². The molecule has 0 saturated carbocycles. The summed E-state index contributed by atoms with van der Waals surface area (Å²) in [5.74, 6) is -2.04. The zero-order valence-corrected chi connectivity index (χ0v) is 8.87. The van der Waals surface area contributed by atoms with E-state index in [-0.39, 0.29) is 25.2 Å². The predicted molar refractivity (Wildman–Crippen MR) is 52.4 cm³/mol. The van der Waals surface area contributed by atoms with Crippen molar-refractivity contribution in [1.82, 2.24) is 10.4 Å². The molecular weight excluding hydrogens is 212 g/mol. The minimum absolute atomic E-state index is 0. The average molecular weight is 227 g/mol. The lowest BCUT2D eigenvalue weighted by Crippen LogP contribution is -2.44. The van der Waals surface area contributed by atoms with E-state index in [1.165, 1.54) is 5.01 Å². The largest absolute Gasteiger partial charge is 0.481 e. The molecule has 0 aromatic heterocycles. The summed E-state index contributed by atoms with van der Waals surface area (Å²) in [5.41, 5.74) is 2.61. The minimum atomic E-state index is -1.05. The van der Waals surface area contributed by atoms with Crippen LogP contribution in [0.25, 0.3) is 0 Å². The molecule has 6 nitrogen and oxygen atoms in total. The summed E-state index contributed by atoms with van der Waals surface area (Å²) < 4.78 is 0. The second kappa shape index (κ2) is 7.54. The van der Waals surface area contributed by atoms with E-state index >= 15 is 0 Å². The minimum Gasteiger partial charge on any atom is -0.481 e. The van der Waals surface area contributed by atoms with Crippen LogP contribution in [-0.4, -0.2) is 47.3 Å². The van der Waals surface area contributed by atoms with Gasteiger partial charge in [-0.2, -0.15) is 0 Å². The molecule has 0 bridgehead atoms. The first kappa shape index (κ1) is 15.6. The van der Waals surface area contributed by atoms with Crippen LogP contribution in [0.5, 0.6) is 0 Å². The number of nitrogens with zero attached hydrogens (tertiary/aromatic N) is 1. The summed E-state index contributed by atoms with van der Waals surface area (Å²) in [6.07, 6.45) is -0.0827. The van der Waals surface area contributed by atoms with Gasteiger partial charge in [0.2, 0.25) is 0 Å². The van der Waals surface area contributed by atoms with Gasteiger partial charge >= 0.3 is 11.9 Å². The van der Waals surface area contributed by atoms with Gasteiger partial charge in [-0.15, -0.1) is 12.4 Å². The Kier molecular flexibility index (Phi) is 8.41. The van der Waals surface area contributed by atoms with Crippen LogP contribution in [0.1, 0.15) is 12.8 Å². The Balaban J connectivity index is 0. The number of hydrogen-bond donors (Lipinski definition) is 3. The van der Waals surface area contributed by atoms with Crippen LogP contribution in [0.2, 0.25) is 0 Å². The molecule has 0 saturated heterocycles. The van der Waals surface area contributed by atoms with Crippen LogP contribution in [0.4, 0.5) is 0 Å². The quantitative estimate of drug-likeness (QED) is 0.543. The molecule has 3 N–H and O–H groups in total. The Bertz CT molecular complexity index is 198. The summed E-state index contributed by atoms with van der Waals surface area (Å²) in [7, 11) is 3.30. The Morgan fingerprint density at radius 2 is 1.86 bits per heavy atom. The van der Waals surface area contributed by atoms with Crippen molar-refractivity contribution in [1.29, 1.82) is 0 Å². The Morgan fingerprint density at radius 1 is 1.36 bits per heavy atom. The number of aliphatic carboxylic acids is 2. The third-order valence-electron chi connectivity index (χ3n) is 1.36. The molecule has 84 valence electrons. The number of hydrazine groups is 1. The standard InChI is InChI=1S/C7H14N2O4.ClH/c1-9(2)8-5(7(12)13)3-4-6(10)11;/h5,8H,3-4H2,1-2H3,(H,10,11)(H,12,13);1H/t5-;/m0./s1. The van der Waals surface area contributed by atoms with E-state index < -0.39 is 18.0 Å². The lowest BCUT2D eigenvalue weighted by atomic mass is 10.2. The van der Waals surface area contributed by atoms with Crippen LogP contribution in [0.3, 0.4) is 0 Å². The van der Waals surface area contributed by atoms with Crippen LogP contribution in [-0.2, 0) is 9.59 Å². The van der Waals surface area contributed by atoms with Crippen LogP contribution >= 0.6 is 12.4 Å². The molecule has 7 heteroatoms. The van der Waals surface area contributed by atoms with Gasteiger partial charge in [0, 0.05) is 20.5 Å². The first-order chi connectivity index (χ1) is 5.93. The molecule has 0 aliphatic heterocycles. The van der Waals surface area contributed by atoms with Gasteiger partial charge in [-0.3, -0.25) is 9.59 Å². The topological polar surface area (TPSA) is 89.9 Å². The first-order valence-corrected chi connectivity index (χ1v) is 3.81. The lowest BCUT2D eigenvalue weighted by Gasteiger charge is -2.18. The fourth-order valence-corrected chi connectivity index (χ4v) is 0.823. The normalized spacial score (nSPS) is 11.9. The molecule has 0 fully saturated rings. The monoisotopic (exact) mass is 226 g/mol. The highest BCUT2D eigenvalue weighted by molar-refractivity contribution is 5.85. The highest BCUT2D eigenvalue weighted by Crippen LogP contribution is 1.97. The van der Waals surface area contributed by atoms with Gasteiger partial charge in [0.1, 0.15) is 6.04 Å². The molecule has 0 heterocycles. The maximum absolute atomic E-state index is 10.6. The van der Waals surface area contributed by atoms with Crippen LogP contribution in [0, 0.1) is 0 Å². The van der Waals surface area contributed by atoms with Crippen molar-refractivity contribution in [3.8, 4) is 0 Å². The fourth-order valence-electron chi connectivity index (χ4n) is 0.823.